The molecular weight excluding hydrogens is 250 g/mol. The number of fused-ring (bicyclic) bond motifs is 1. The van der Waals surface area contributed by atoms with Crippen molar-refractivity contribution in [3.63, 3.8) is 0 Å². The van der Waals surface area contributed by atoms with Crippen LogP contribution in [0.5, 0.6) is 0 Å². The first-order valence-corrected chi connectivity index (χ1v) is 6.48. The minimum absolute atomic E-state index is 0.308. The molecule has 0 saturated carbocycles. The third-order valence-corrected chi connectivity index (χ3v) is 3.60. The summed E-state index contributed by atoms with van der Waals surface area (Å²) in [5.41, 5.74) is 5.84. The predicted molar refractivity (Wildman–Crippen MR) is 80.2 cm³/mol. The monoisotopic (exact) mass is 265 g/mol. The van der Waals surface area contributed by atoms with Crippen LogP contribution in [0.4, 0.5) is 0 Å². The van der Waals surface area contributed by atoms with Crippen molar-refractivity contribution >= 4 is 16.9 Å². The number of hydrogen-bond donors (Lipinski definition) is 2. The summed E-state index contributed by atoms with van der Waals surface area (Å²) < 4.78 is 0. The van der Waals surface area contributed by atoms with E-state index in [1.807, 2.05) is 12.3 Å². The number of aryl methyl sites for hydroxylation is 2. The van der Waals surface area contributed by atoms with Gasteiger partial charge in [-0.3, -0.25) is 0 Å². The molecule has 0 aliphatic heterocycles. The van der Waals surface area contributed by atoms with Crippen LogP contribution >= 0.6 is 0 Å². The highest BCUT2D eigenvalue weighted by Gasteiger charge is 2.11. The van der Waals surface area contributed by atoms with Crippen molar-refractivity contribution in [2.45, 2.75) is 13.8 Å². The average Bonchev–Trinajstić information content (AvgIpc) is 2.81. The van der Waals surface area contributed by atoms with Crippen molar-refractivity contribution in [2.75, 3.05) is 0 Å². The molecule has 0 bridgehead atoms. The average molecular weight is 265 g/mol. The molecule has 0 saturated heterocycles. The van der Waals surface area contributed by atoms with Crippen LogP contribution in [0.3, 0.4) is 0 Å². The summed E-state index contributed by atoms with van der Waals surface area (Å²) in [6.07, 6.45) is 1.94. The maximum absolute atomic E-state index is 11.1. The van der Waals surface area contributed by atoms with E-state index in [1.165, 1.54) is 11.1 Å². The first-order chi connectivity index (χ1) is 9.56. The lowest BCUT2D eigenvalue weighted by Crippen LogP contribution is -1.95. The van der Waals surface area contributed by atoms with E-state index >= 15 is 0 Å². The molecule has 0 radical (unpaired) electrons. The summed E-state index contributed by atoms with van der Waals surface area (Å²) in [6.45, 7) is 4.14. The third kappa shape index (κ3) is 1.97. The van der Waals surface area contributed by atoms with Crippen LogP contribution < -0.4 is 0 Å². The van der Waals surface area contributed by atoms with Gasteiger partial charge in [0.25, 0.3) is 0 Å². The Morgan fingerprint density at radius 2 is 1.85 bits per heavy atom. The summed E-state index contributed by atoms with van der Waals surface area (Å²) in [5.74, 6) is -0.903. The van der Waals surface area contributed by atoms with Crippen LogP contribution in [0.15, 0.2) is 42.6 Å². The number of carbonyl (C=O) groups is 1. The van der Waals surface area contributed by atoms with E-state index in [-0.39, 0.29) is 0 Å². The number of aromatic carboxylic acids is 1. The third-order valence-electron chi connectivity index (χ3n) is 3.60. The van der Waals surface area contributed by atoms with Crippen molar-refractivity contribution in [1.82, 2.24) is 4.98 Å². The van der Waals surface area contributed by atoms with E-state index < -0.39 is 5.97 Å². The fraction of sp³-hybridized carbons (Fsp3) is 0.118. The molecule has 20 heavy (non-hydrogen) atoms. The Morgan fingerprint density at radius 1 is 1.05 bits per heavy atom. The largest absolute Gasteiger partial charge is 0.478 e. The summed E-state index contributed by atoms with van der Waals surface area (Å²) >= 11 is 0. The maximum Gasteiger partial charge on any atom is 0.335 e. The molecule has 0 spiro atoms. The number of rotatable bonds is 2. The van der Waals surface area contributed by atoms with Gasteiger partial charge in [-0.2, -0.15) is 0 Å². The van der Waals surface area contributed by atoms with Gasteiger partial charge in [0.05, 0.1) is 5.56 Å². The van der Waals surface area contributed by atoms with E-state index in [2.05, 4.69) is 37.0 Å². The van der Waals surface area contributed by atoms with Gasteiger partial charge in [0.2, 0.25) is 0 Å². The van der Waals surface area contributed by atoms with Crippen LogP contribution in [0, 0.1) is 13.8 Å². The van der Waals surface area contributed by atoms with Crippen molar-refractivity contribution in [3.8, 4) is 11.1 Å². The van der Waals surface area contributed by atoms with Crippen LogP contribution in [-0.2, 0) is 0 Å². The van der Waals surface area contributed by atoms with Gasteiger partial charge >= 0.3 is 5.97 Å². The van der Waals surface area contributed by atoms with Crippen molar-refractivity contribution in [3.05, 3.63) is 59.3 Å². The van der Waals surface area contributed by atoms with E-state index in [0.717, 1.165) is 22.0 Å². The van der Waals surface area contributed by atoms with Crippen LogP contribution in [0.1, 0.15) is 21.5 Å². The molecular formula is C17H15NO2. The predicted octanol–water partition coefficient (Wildman–Crippen LogP) is 4.15. The molecule has 3 rings (SSSR count). The number of carboxylic acids is 1. The first kappa shape index (κ1) is 12.5. The summed E-state index contributed by atoms with van der Waals surface area (Å²) in [5, 5.41) is 10.1. The summed E-state index contributed by atoms with van der Waals surface area (Å²) in [7, 11) is 0. The Bertz CT molecular complexity index is 815. The quantitative estimate of drug-likeness (QED) is 0.731. The first-order valence-electron chi connectivity index (χ1n) is 6.48. The lowest BCUT2D eigenvalue weighted by Gasteiger charge is -2.06. The Labute approximate surface area is 116 Å². The van der Waals surface area contributed by atoms with Crippen LogP contribution in [-0.4, -0.2) is 16.1 Å². The number of benzene rings is 2. The molecule has 3 nitrogen and oxygen atoms in total. The Morgan fingerprint density at radius 3 is 2.55 bits per heavy atom. The number of H-pyrrole nitrogens is 1. The molecule has 3 heteroatoms. The van der Waals surface area contributed by atoms with Gasteiger partial charge < -0.3 is 10.1 Å². The molecule has 100 valence electrons. The van der Waals surface area contributed by atoms with Gasteiger partial charge in [0.1, 0.15) is 0 Å². The number of carboxylic acid groups (broad SMARTS) is 1. The Kier molecular flexibility index (Phi) is 2.83. The van der Waals surface area contributed by atoms with Gasteiger partial charge in [-0.05, 0) is 43.2 Å². The smallest absolute Gasteiger partial charge is 0.335 e. The fourth-order valence-electron chi connectivity index (χ4n) is 2.59. The molecule has 0 fully saturated rings. The van der Waals surface area contributed by atoms with E-state index in [0.29, 0.717) is 5.56 Å². The molecule has 1 aromatic heterocycles. The standard InChI is InChI=1S/C17H15NO2/c1-10-3-5-13(11(2)7-10)15-9-18-16-6-4-12(17(19)20)8-14(15)16/h3-9,18H,1-2H3,(H,19,20). The highest BCUT2D eigenvalue weighted by Crippen LogP contribution is 2.31. The number of aromatic amines is 1. The number of nitrogens with one attached hydrogen (secondary N) is 1. The normalized spacial score (nSPS) is 10.9. The lowest BCUT2D eigenvalue weighted by atomic mass is 9.97. The topological polar surface area (TPSA) is 53.1 Å². The van der Waals surface area contributed by atoms with Gasteiger partial charge in [0, 0.05) is 22.7 Å². The minimum atomic E-state index is -0.903. The lowest BCUT2D eigenvalue weighted by molar-refractivity contribution is 0.0697. The van der Waals surface area contributed by atoms with Crippen molar-refractivity contribution in [1.29, 1.82) is 0 Å². The van der Waals surface area contributed by atoms with Gasteiger partial charge in [-0.15, -0.1) is 0 Å². The number of hydrogen-bond acceptors (Lipinski definition) is 1. The van der Waals surface area contributed by atoms with Crippen LogP contribution in [0.25, 0.3) is 22.0 Å². The molecule has 0 atom stereocenters. The van der Waals surface area contributed by atoms with Gasteiger partial charge in [-0.25, -0.2) is 4.79 Å². The molecule has 3 aromatic rings. The maximum atomic E-state index is 11.1. The summed E-state index contributed by atoms with van der Waals surface area (Å²) in [6, 6.07) is 11.4. The van der Waals surface area contributed by atoms with E-state index in [4.69, 9.17) is 5.11 Å². The van der Waals surface area contributed by atoms with Gasteiger partial charge in [0.15, 0.2) is 0 Å². The fourth-order valence-corrected chi connectivity index (χ4v) is 2.59. The molecule has 0 aliphatic rings. The van der Waals surface area contributed by atoms with E-state index in [9.17, 15) is 4.79 Å². The van der Waals surface area contributed by atoms with Crippen LogP contribution in [0.2, 0.25) is 0 Å². The Hall–Kier alpha value is -2.55. The molecule has 1 heterocycles. The zero-order chi connectivity index (χ0) is 14.3. The van der Waals surface area contributed by atoms with Crippen molar-refractivity contribution < 1.29 is 9.90 Å². The molecule has 2 N–H and O–H groups in total. The van der Waals surface area contributed by atoms with E-state index in [1.54, 1.807) is 12.1 Å². The second-order valence-electron chi connectivity index (χ2n) is 5.09. The Balaban J connectivity index is 2.25. The second-order valence-corrected chi connectivity index (χ2v) is 5.09. The molecule has 0 aliphatic carbocycles. The molecule has 0 unspecified atom stereocenters. The zero-order valence-corrected chi connectivity index (χ0v) is 11.4. The molecule has 2 aromatic carbocycles. The second kappa shape index (κ2) is 4.53. The molecule has 0 amide bonds. The highest BCUT2D eigenvalue weighted by atomic mass is 16.4. The number of aromatic nitrogens is 1. The summed E-state index contributed by atoms with van der Waals surface area (Å²) in [4.78, 5) is 14.3. The highest BCUT2D eigenvalue weighted by molar-refractivity contribution is 6.00. The van der Waals surface area contributed by atoms with Crippen molar-refractivity contribution in [2.24, 2.45) is 0 Å². The minimum Gasteiger partial charge on any atom is -0.478 e. The SMILES string of the molecule is Cc1ccc(-c2c[nH]c3ccc(C(=O)O)cc23)c(C)c1. The van der Waals surface area contributed by atoms with Gasteiger partial charge in [-0.1, -0.05) is 23.8 Å². The zero-order valence-electron chi connectivity index (χ0n) is 11.4.